The van der Waals surface area contributed by atoms with Crippen molar-refractivity contribution < 1.29 is 19.0 Å². The molecule has 0 saturated heterocycles. The van der Waals surface area contributed by atoms with Gasteiger partial charge in [-0.3, -0.25) is 4.79 Å². The molecule has 0 atom stereocenters. The summed E-state index contributed by atoms with van der Waals surface area (Å²) in [6.45, 7) is 2.65. The molecule has 0 heterocycles. The fourth-order valence-electron chi connectivity index (χ4n) is 3.90. The third-order valence-electron chi connectivity index (χ3n) is 5.61. The Morgan fingerprint density at radius 1 is 1.00 bits per heavy atom. The second kappa shape index (κ2) is 12.1. The first-order valence-corrected chi connectivity index (χ1v) is 12.4. The van der Waals surface area contributed by atoms with Crippen LogP contribution in [-0.2, 0) is 11.4 Å². The Kier molecular flexibility index (Phi) is 8.44. The van der Waals surface area contributed by atoms with Crippen LogP contribution in [0.5, 0.6) is 17.2 Å². The number of carbonyl (C=O) groups excluding carboxylic acids is 1. The molecule has 0 aliphatic heterocycles. The molecule has 37 heavy (non-hydrogen) atoms. The summed E-state index contributed by atoms with van der Waals surface area (Å²) in [6.07, 6.45) is 1.51. The number of ether oxygens (including phenoxy) is 3. The molecule has 1 N–H and O–H groups in total. The van der Waals surface area contributed by atoms with Gasteiger partial charge in [-0.1, -0.05) is 54.6 Å². The van der Waals surface area contributed by atoms with Crippen molar-refractivity contribution in [1.29, 1.82) is 5.26 Å². The zero-order chi connectivity index (χ0) is 26.2. The van der Waals surface area contributed by atoms with Gasteiger partial charge in [0.2, 0.25) is 0 Å². The van der Waals surface area contributed by atoms with E-state index in [2.05, 4.69) is 39.4 Å². The fraction of sp³-hybridized carbons (Fsp3) is 0.133. The van der Waals surface area contributed by atoms with Crippen LogP contribution in [0.2, 0.25) is 0 Å². The van der Waals surface area contributed by atoms with Gasteiger partial charge in [-0.05, 0) is 75.1 Å². The quantitative estimate of drug-likeness (QED) is 0.175. The summed E-state index contributed by atoms with van der Waals surface area (Å²) in [6, 6.07) is 26.8. The average Bonchev–Trinajstić information content (AvgIpc) is 2.91. The average molecular weight is 557 g/mol. The van der Waals surface area contributed by atoms with E-state index in [0.29, 0.717) is 46.2 Å². The lowest BCUT2D eigenvalue weighted by Crippen LogP contribution is -2.14. The van der Waals surface area contributed by atoms with Gasteiger partial charge in [-0.2, -0.15) is 5.26 Å². The molecule has 7 heteroatoms. The standard InChI is InChI=1S/C30H25BrN2O4/c1-3-36-28-17-20(15-23(18-32)30(34)33-26-13-6-7-14-27(26)35-2)16-25(31)29(28)37-19-22-11-8-10-21-9-4-5-12-24(21)22/h4-17H,3,19H2,1-2H3,(H,33,34)/b23-15+. The van der Waals surface area contributed by atoms with Crippen molar-refractivity contribution in [2.24, 2.45) is 0 Å². The minimum absolute atomic E-state index is 0.0651. The summed E-state index contributed by atoms with van der Waals surface area (Å²) in [4.78, 5) is 12.8. The Balaban J connectivity index is 1.60. The van der Waals surface area contributed by atoms with Gasteiger partial charge in [0.1, 0.15) is 24.0 Å². The Bertz CT molecular complexity index is 1500. The molecule has 0 spiro atoms. The molecule has 0 bridgehead atoms. The van der Waals surface area contributed by atoms with Crippen LogP contribution in [0.25, 0.3) is 16.8 Å². The van der Waals surface area contributed by atoms with Crippen LogP contribution in [0.4, 0.5) is 5.69 Å². The smallest absolute Gasteiger partial charge is 0.266 e. The van der Waals surface area contributed by atoms with E-state index in [-0.39, 0.29) is 5.57 Å². The number of carbonyl (C=O) groups is 1. The molecule has 4 rings (SSSR count). The van der Waals surface area contributed by atoms with E-state index < -0.39 is 5.91 Å². The summed E-state index contributed by atoms with van der Waals surface area (Å²) < 4.78 is 18.0. The summed E-state index contributed by atoms with van der Waals surface area (Å²) in [7, 11) is 1.52. The molecule has 0 aliphatic carbocycles. The number of halogens is 1. The van der Waals surface area contributed by atoms with Crippen molar-refractivity contribution in [3.63, 3.8) is 0 Å². The van der Waals surface area contributed by atoms with Crippen LogP contribution in [0.15, 0.2) is 88.9 Å². The first kappa shape index (κ1) is 25.8. The van der Waals surface area contributed by atoms with Gasteiger partial charge >= 0.3 is 0 Å². The number of hydrogen-bond acceptors (Lipinski definition) is 5. The van der Waals surface area contributed by atoms with Gasteiger partial charge in [0.05, 0.1) is 23.9 Å². The number of nitrogens with one attached hydrogen (secondary N) is 1. The number of para-hydroxylation sites is 2. The molecular weight excluding hydrogens is 532 g/mol. The highest BCUT2D eigenvalue weighted by molar-refractivity contribution is 9.10. The van der Waals surface area contributed by atoms with E-state index in [9.17, 15) is 10.1 Å². The van der Waals surface area contributed by atoms with Crippen LogP contribution < -0.4 is 19.5 Å². The van der Waals surface area contributed by atoms with Crippen molar-refractivity contribution in [1.82, 2.24) is 0 Å². The molecule has 0 radical (unpaired) electrons. The molecular formula is C30H25BrN2O4. The molecule has 4 aromatic rings. The van der Waals surface area contributed by atoms with Gasteiger partial charge in [-0.15, -0.1) is 0 Å². The van der Waals surface area contributed by atoms with Gasteiger partial charge in [0.15, 0.2) is 11.5 Å². The predicted molar refractivity (Wildman–Crippen MR) is 149 cm³/mol. The topological polar surface area (TPSA) is 80.6 Å². The molecule has 4 aromatic carbocycles. The third-order valence-corrected chi connectivity index (χ3v) is 6.20. The molecule has 0 saturated carbocycles. The van der Waals surface area contributed by atoms with Crippen molar-refractivity contribution in [2.45, 2.75) is 13.5 Å². The number of methoxy groups -OCH3 is 1. The van der Waals surface area contributed by atoms with Crippen molar-refractivity contribution in [3.05, 3.63) is 100 Å². The lowest BCUT2D eigenvalue weighted by atomic mass is 10.1. The monoisotopic (exact) mass is 556 g/mol. The van der Waals surface area contributed by atoms with Gasteiger partial charge in [-0.25, -0.2) is 0 Å². The highest BCUT2D eigenvalue weighted by Gasteiger charge is 2.16. The summed E-state index contributed by atoms with van der Waals surface area (Å²) >= 11 is 3.58. The minimum atomic E-state index is -0.544. The van der Waals surface area contributed by atoms with Crippen LogP contribution in [0.3, 0.4) is 0 Å². The van der Waals surface area contributed by atoms with Crippen LogP contribution >= 0.6 is 15.9 Å². The maximum absolute atomic E-state index is 12.8. The molecule has 0 unspecified atom stereocenters. The second-order valence-corrected chi connectivity index (χ2v) is 8.87. The maximum Gasteiger partial charge on any atom is 0.266 e. The van der Waals surface area contributed by atoms with Gasteiger partial charge < -0.3 is 19.5 Å². The van der Waals surface area contributed by atoms with Gasteiger partial charge in [0.25, 0.3) is 5.91 Å². The first-order chi connectivity index (χ1) is 18.0. The molecule has 186 valence electrons. The number of amides is 1. The zero-order valence-electron chi connectivity index (χ0n) is 20.5. The number of anilines is 1. The van der Waals surface area contributed by atoms with E-state index in [0.717, 1.165) is 16.3 Å². The highest BCUT2D eigenvalue weighted by Crippen LogP contribution is 2.38. The molecule has 0 fully saturated rings. The lowest BCUT2D eigenvalue weighted by Gasteiger charge is -2.16. The Morgan fingerprint density at radius 2 is 1.76 bits per heavy atom. The Hall–Kier alpha value is -4.28. The largest absolute Gasteiger partial charge is 0.495 e. The highest BCUT2D eigenvalue weighted by atomic mass is 79.9. The van der Waals surface area contributed by atoms with E-state index >= 15 is 0 Å². The predicted octanol–water partition coefficient (Wildman–Crippen LogP) is 7.13. The number of nitriles is 1. The number of fused-ring (bicyclic) bond motifs is 1. The van der Waals surface area contributed by atoms with Crippen LogP contribution in [-0.4, -0.2) is 19.6 Å². The number of hydrogen-bond donors (Lipinski definition) is 1. The van der Waals surface area contributed by atoms with Crippen molar-refractivity contribution >= 4 is 44.4 Å². The number of benzene rings is 4. The van der Waals surface area contributed by atoms with Crippen LogP contribution in [0.1, 0.15) is 18.1 Å². The zero-order valence-corrected chi connectivity index (χ0v) is 22.0. The number of nitrogens with zero attached hydrogens (tertiary/aromatic N) is 1. The van der Waals surface area contributed by atoms with E-state index in [1.807, 2.05) is 37.3 Å². The fourth-order valence-corrected chi connectivity index (χ4v) is 4.47. The molecule has 6 nitrogen and oxygen atoms in total. The summed E-state index contributed by atoms with van der Waals surface area (Å²) in [5.41, 5.74) is 2.07. The molecule has 1 amide bonds. The van der Waals surface area contributed by atoms with Crippen molar-refractivity contribution in [2.75, 3.05) is 19.0 Å². The molecule has 0 aliphatic rings. The van der Waals surface area contributed by atoms with Crippen LogP contribution in [0, 0.1) is 11.3 Å². The van der Waals surface area contributed by atoms with Crippen molar-refractivity contribution in [3.8, 4) is 23.3 Å². The molecule has 0 aromatic heterocycles. The number of rotatable bonds is 9. The van der Waals surface area contributed by atoms with E-state index in [1.54, 1.807) is 36.4 Å². The SMILES string of the molecule is CCOc1cc(/C=C(\C#N)C(=O)Nc2ccccc2OC)cc(Br)c1OCc1cccc2ccccc12. The normalized spacial score (nSPS) is 11.0. The lowest BCUT2D eigenvalue weighted by molar-refractivity contribution is -0.112. The summed E-state index contributed by atoms with van der Waals surface area (Å²) in [5.74, 6) is 1.01. The first-order valence-electron chi connectivity index (χ1n) is 11.7. The van der Waals surface area contributed by atoms with E-state index in [1.165, 1.54) is 13.2 Å². The second-order valence-electron chi connectivity index (χ2n) is 8.01. The Labute approximate surface area is 224 Å². The van der Waals surface area contributed by atoms with E-state index in [4.69, 9.17) is 14.2 Å². The summed E-state index contributed by atoms with van der Waals surface area (Å²) in [5, 5.41) is 14.7. The van der Waals surface area contributed by atoms with Gasteiger partial charge in [0, 0.05) is 0 Å². The third kappa shape index (κ3) is 6.11. The minimum Gasteiger partial charge on any atom is -0.495 e. The Morgan fingerprint density at radius 3 is 2.54 bits per heavy atom. The maximum atomic E-state index is 12.8.